The normalized spacial score (nSPS) is 14.5. The summed E-state index contributed by atoms with van der Waals surface area (Å²) in [5.74, 6) is 1.63. The highest BCUT2D eigenvalue weighted by molar-refractivity contribution is 5.94. The van der Waals surface area contributed by atoms with E-state index in [9.17, 15) is 9.18 Å². The zero-order chi connectivity index (χ0) is 23.3. The number of benzene rings is 2. The van der Waals surface area contributed by atoms with Crippen molar-refractivity contribution in [3.8, 4) is 5.75 Å². The third-order valence-corrected chi connectivity index (χ3v) is 5.87. The van der Waals surface area contributed by atoms with Gasteiger partial charge in [-0.1, -0.05) is 45.9 Å². The first kappa shape index (κ1) is 27.1. The standard InChI is InChI=1S/C27H37FN2O2.ClH/c1-19(2)15-24-16-22(27(31)30-13-11-29(12-14-30)17-20(3)4)9-10-25(24)32-18-23-8-6-7-21(5)26(23)28;/h6-10,16,19-20H,11-15,17-18H2,1-5H3;1H. The van der Waals surface area contributed by atoms with Gasteiger partial charge in [-0.2, -0.15) is 0 Å². The van der Waals surface area contributed by atoms with Gasteiger partial charge in [0.25, 0.3) is 5.91 Å². The maximum Gasteiger partial charge on any atom is 0.253 e. The fourth-order valence-electron chi connectivity index (χ4n) is 4.26. The molecule has 0 bridgehead atoms. The molecule has 4 nitrogen and oxygen atoms in total. The van der Waals surface area contributed by atoms with Crippen molar-refractivity contribution in [2.45, 2.75) is 47.6 Å². The van der Waals surface area contributed by atoms with E-state index in [4.69, 9.17) is 4.74 Å². The number of nitrogens with zero attached hydrogens (tertiary/aromatic N) is 2. The lowest BCUT2D eigenvalue weighted by Gasteiger charge is -2.35. The van der Waals surface area contributed by atoms with Crippen LogP contribution in [-0.4, -0.2) is 48.4 Å². The Morgan fingerprint density at radius 1 is 1.00 bits per heavy atom. The lowest BCUT2D eigenvalue weighted by Crippen LogP contribution is -2.49. The Labute approximate surface area is 204 Å². The molecule has 2 aromatic carbocycles. The van der Waals surface area contributed by atoms with Crippen LogP contribution < -0.4 is 4.74 Å². The van der Waals surface area contributed by atoms with Crippen LogP contribution in [0.15, 0.2) is 36.4 Å². The first-order valence-corrected chi connectivity index (χ1v) is 11.8. The van der Waals surface area contributed by atoms with Crippen molar-refractivity contribution in [1.29, 1.82) is 0 Å². The quantitative estimate of drug-likeness (QED) is 0.486. The Bertz CT molecular complexity index is 924. The molecule has 0 spiro atoms. The second kappa shape index (κ2) is 12.4. The fourth-order valence-corrected chi connectivity index (χ4v) is 4.26. The Morgan fingerprint density at radius 3 is 2.33 bits per heavy atom. The summed E-state index contributed by atoms with van der Waals surface area (Å²) in [6, 6.07) is 11.0. The van der Waals surface area contributed by atoms with Gasteiger partial charge in [-0.05, 0) is 54.5 Å². The molecular formula is C27H38ClFN2O2. The van der Waals surface area contributed by atoms with Gasteiger partial charge in [0, 0.05) is 43.9 Å². The summed E-state index contributed by atoms with van der Waals surface area (Å²) in [5, 5.41) is 0. The van der Waals surface area contributed by atoms with Crippen LogP contribution >= 0.6 is 12.4 Å². The summed E-state index contributed by atoms with van der Waals surface area (Å²) < 4.78 is 20.4. The van der Waals surface area contributed by atoms with Crippen molar-refractivity contribution in [2.24, 2.45) is 11.8 Å². The number of ether oxygens (including phenoxy) is 1. The Hall–Kier alpha value is -2.11. The number of hydrogen-bond donors (Lipinski definition) is 0. The predicted octanol–water partition coefficient (Wildman–Crippen LogP) is 5.75. The molecule has 1 aliphatic rings. The van der Waals surface area contributed by atoms with Crippen molar-refractivity contribution in [2.75, 3.05) is 32.7 Å². The van der Waals surface area contributed by atoms with Gasteiger partial charge < -0.3 is 9.64 Å². The number of aryl methyl sites for hydroxylation is 1. The number of piperazine rings is 1. The van der Waals surface area contributed by atoms with Gasteiger partial charge in [-0.3, -0.25) is 9.69 Å². The highest BCUT2D eigenvalue weighted by Gasteiger charge is 2.23. The van der Waals surface area contributed by atoms with Crippen molar-refractivity contribution in [3.63, 3.8) is 0 Å². The number of rotatable bonds is 8. The van der Waals surface area contributed by atoms with Gasteiger partial charge in [0.15, 0.2) is 0 Å². The summed E-state index contributed by atoms with van der Waals surface area (Å²) in [4.78, 5) is 17.5. The molecule has 3 rings (SSSR count). The fraction of sp³-hybridized carbons (Fsp3) is 0.519. The van der Waals surface area contributed by atoms with Gasteiger partial charge in [-0.15, -0.1) is 12.4 Å². The molecule has 1 saturated heterocycles. The van der Waals surface area contributed by atoms with Crippen LogP contribution in [0.2, 0.25) is 0 Å². The summed E-state index contributed by atoms with van der Waals surface area (Å²) >= 11 is 0. The zero-order valence-corrected chi connectivity index (χ0v) is 21.4. The van der Waals surface area contributed by atoms with E-state index in [1.54, 1.807) is 19.1 Å². The van der Waals surface area contributed by atoms with Crippen molar-refractivity contribution in [3.05, 3.63) is 64.5 Å². The molecule has 0 aliphatic carbocycles. The Balaban J connectivity index is 0.00000385. The molecule has 33 heavy (non-hydrogen) atoms. The van der Waals surface area contributed by atoms with E-state index in [0.29, 0.717) is 28.5 Å². The molecule has 0 aromatic heterocycles. The molecule has 182 valence electrons. The molecule has 1 fully saturated rings. The number of hydrogen-bond acceptors (Lipinski definition) is 3. The third-order valence-electron chi connectivity index (χ3n) is 5.87. The average Bonchev–Trinajstić information content (AvgIpc) is 2.74. The zero-order valence-electron chi connectivity index (χ0n) is 20.6. The van der Waals surface area contributed by atoms with Crippen molar-refractivity contribution in [1.82, 2.24) is 9.80 Å². The van der Waals surface area contributed by atoms with Crippen LogP contribution in [0.5, 0.6) is 5.75 Å². The molecule has 6 heteroatoms. The molecule has 0 atom stereocenters. The highest BCUT2D eigenvalue weighted by Crippen LogP contribution is 2.26. The lowest BCUT2D eigenvalue weighted by molar-refractivity contribution is 0.0623. The first-order valence-electron chi connectivity index (χ1n) is 11.8. The minimum absolute atomic E-state index is 0. The molecule has 1 aliphatic heterocycles. The molecule has 1 amide bonds. The van der Waals surface area contributed by atoms with Crippen LogP contribution in [0.1, 0.15) is 54.7 Å². The van der Waals surface area contributed by atoms with Crippen LogP contribution in [0.3, 0.4) is 0 Å². The summed E-state index contributed by atoms with van der Waals surface area (Å²) in [6.45, 7) is 15.1. The largest absolute Gasteiger partial charge is 0.489 e. The second-order valence-electron chi connectivity index (χ2n) is 9.74. The number of halogens is 2. The first-order chi connectivity index (χ1) is 15.2. The average molecular weight is 477 g/mol. The topological polar surface area (TPSA) is 32.8 Å². The number of amides is 1. The van der Waals surface area contributed by atoms with E-state index >= 15 is 0 Å². The predicted molar refractivity (Wildman–Crippen MR) is 135 cm³/mol. The Kier molecular flexibility index (Phi) is 10.2. The number of carbonyl (C=O) groups excluding carboxylic acids is 1. The van der Waals surface area contributed by atoms with Crippen LogP contribution in [0, 0.1) is 24.6 Å². The van der Waals surface area contributed by atoms with E-state index in [0.717, 1.165) is 50.5 Å². The van der Waals surface area contributed by atoms with Gasteiger partial charge in [0.05, 0.1) is 0 Å². The molecule has 2 aromatic rings. The van der Waals surface area contributed by atoms with Crippen LogP contribution in [-0.2, 0) is 13.0 Å². The Morgan fingerprint density at radius 2 is 1.70 bits per heavy atom. The lowest BCUT2D eigenvalue weighted by atomic mass is 9.99. The minimum Gasteiger partial charge on any atom is -0.489 e. The SMILES string of the molecule is Cc1cccc(COc2ccc(C(=O)N3CCN(CC(C)C)CC3)cc2CC(C)C)c1F.Cl. The number of carbonyl (C=O) groups is 1. The molecule has 1 heterocycles. The summed E-state index contributed by atoms with van der Waals surface area (Å²) in [5.41, 5.74) is 2.85. The highest BCUT2D eigenvalue weighted by atomic mass is 35.5. The summed E-state index contributed by atoms with van der Waals surface area (Å²) in [6.07, 6.45) is 0.801. The molecule has 0 saturated carbocycles. The van der Waals surface area contributed by atoms with Gasteiger partial charge >= 0.3 is 0 Å². The van der Waals surface area contributed by atoms with Gasteiger partial charge in [-0.25, -0.2) is 4.39 Å². The third kappa shape index (κ3) is 7.44. The smallest absolute Gasteiger partial charge is 0.253 e. The maximum absolute atomic E-state index is 14.4. The van der Waals surface area contributed by atoms with E-state index in [1.165, 1.54) is 0 Å². The van der Waals surface area contributed by atoms with E-state index in [1.807, 2.05) is 29.2 Å². The molecular weight excluding hydrogens is 439 g/mol. The van der Waals surface area contributed by atoms with E-state index in [2.05, 4.69) is 32.6 Å². The van der Waals surface area contributed by atoms with Gasteiger partial charge in [0.1, 0.15) is 18.2 Å². The molecule has 0 N–H and O–H groups in total. The molecule has 0 unspecified atom stereocenters. The monoisotopic (exact) mass is 476 g/mol. The van der Waals surface area contributed by atoms with E-state index < -0.39 is 0 Å². The minimum atomic E-state index is -0.221. The summed E-state index contributed by atoms with van der Waals surface area (Å²) in [7, 11) is 0. The van der Waals surface area contributed by atoms with Crippen molar-refractivity contribution >= 4 is 18.3 Å². The van der Waals surface area contributed by atoms with Crippen LogP contribution in [0.4, 0.5) is 4.39 Å². The maximum atomic E-state index is 14.4. The van der Waals surface area contributed by atoms with Crippen molar-refractivity contribution < 1.29 is 13.9 Å². The van der Waals surface area contributed by atoms with E-state index in [-0.39, 0.29) is 30.7 Å². The van der Waals surface area contributed by atoms with Gasteiger partial charge in [0.2, 0.25) is 0 Å². The molecule has 0 radical (unpaired) electrons. The van der Waals surface area contributed by atoms with Crippen LogP contribution in [0.25, 0.3) is 0 Å². The second-order valence-corrected chi connectivity index (χ2v) is 9.74.